The highest BCUT2D eigenvalue weighted by Crippen LogP contribution is 1.92. The third-order valence-electron chi connectivity index (χ3n) is 1.77. The summed E-state index contributed by atoms with van der Waals surface area (Å²) in [5.74, 6) is -0.759. The van der Waals surface area contributed by atoms with Gasteiger partial charge in [-0.3, -0.25) is 9.59 Å². The van der Waals surface area contributed by atoms with Crippen molar-refractivity contribution in [2.75, 3.05) is 26.0 Å². The summed E-state index contributed by atoms with van der Waals surface area (Å²) in [4.78, 5) is 23.9. The number of carbonyl (C=O) groups excluding carboxylic acids is 2. The summed E-state index contributed by atoms with van der Waals surface area (Å²) in [6.07, 6.45) is 1.91. The molecular weight excluding hydrogens is 204 g/mol. The SMILES string of the molecule is CCCCN(C)C(=O)C(=O)NCCCl. The summed E-state index contributed by atoms with van der Waals surface area (Å²) in [7, 11) is 1.62. The zero-order valence-electron chi connectivity index (χ0n) is 8.68. The van der Waals surface area contributed by atoms with Crippen molar-refractivity contribution in [3.8, 4) is 0 Å². The lowest BCUT2D eigenvalue weighted by atomic mass is 10.3. The number of carbonyl (C=O) groups is 2. The average Bonchev–Trinajstić information content (AvgIpc) is 2.21. The molecule has 2 amide bonds. The molecule has 0 rings (SSSR count). The van der Waals surface area contributed by atoms with E-state index in [1.54, 1.807) is 7.05 Å². The van der Waals surface area contributed by atoms with Crippen molar-refractivity contribution in [2.24, 2.45) is 0 Å². The molecule has 4 nitrogen and oxygen atoms in total. The maximum absolute atomic E-state index is 11.3. The summed E-state index contributed by atoms with van der Waals surface area (Å²) in [5.41, 5.74) is 0. The number of likely N-dealkylation sites (N-methyl/N-ethyl adjacent to an activating group) is 1. The first-order valence-corrected chi connectivity index (χ1v) is 5.26. The second-order valence-corrected chi connectivity index (χ2v) is 3.40. The Balaban J connectivity index is 3.85. The van der Waals surface area contributed by atoms with E-state index in [9.17, 15) is 9.59 Å². The largest absolute Gasteiger partial charge is 0.347 e. The molecule has 14 heavy (non-hydrogen) atoms. The topological polar surface area (TPSA) is 49.4 Å². The number of nitrogens with one attached hydrogen (secondary N) is 1. The van der Waals surface area contributed by atoms with Gasteiger partial charge in [-0.05, 0) is 6.42 Å². The fourth-order valence-electron chi connectivity index (χ4n) is 0.907. The fourth-order valence-corrected chi connectivity index (χ4v) is 1.00. The van der Waals surface area contributed by atoms with Gasteiger partial charge in [-0.25, -0.2) is 0 Å². The summed E-state index contributed by atoms with van der Waals surface area (Å²) >= 11 is 5.37. The van der Waals surface area contributed by atoms with Crippen LogP contribution in [0.1, 0.15) is 19.8 Å². The lowest BCUT2D eigenvalue weighted by molar-refractivity contribution is -0.144. The molecule has 0 aromatic heterocycles. The van der Waals surface area contributed by atoms with Gasteiger partial charge in [-0.15, -0.1) is 11.6 Å². The quantitative estimate of drug-likeness (QED) is 0.545. The molecule has 0 radical (unpaired) electrons. The van der Waals surface area contributed by atoms with Crippen molar-refractivity contribution in [3.63, 3.8) is 0 Å². The highest BCUT2D eigenvalue weighted by molar-refractivity contribution is 6.35. The first-order chi connectivity index (χ1) is 6.63. The van der Waals surface area contributed by atoms with E-state index in [-0.39, 0.29) is 0 Å². The monoisotopic (exact) mass is 220 g/mol. The van der Waals surface area contributed by atoms with Crippen LogP contribution in [0.3, 0.4) is 0 Å². The number of rotatable bonds is 5. The number of hydrogen-bond acceptors (Lipinski definition) is 2. The van der Waals surface area contributed by atoms with Crippen LogP contribution in [0.4, 0.5) is 0 Å². The first-order valence-electron chi connectivity index (χ1n) is 4.72. The number of alkyl halides is 1. The van der Waals surface area contributed by atoms with Crippen molar-refractivity contribution in [1.29, 1.82) is 0 Å². The van der Waals surface area contributed by atoms with E-state index >= 15 is 0 Å². The minimum Gasteiger partial charge on any atom is -0.347 e. The molecule has 0 aliphatic rings. The molecule has 1 N–H and O–H groups in total. The van der Waals surface area contributed by atoms with Crippen LogP contribution in [0.5, 0.6) is 0 Å². The molecule has 0 atom stereocenters. The molecule has 0 heterocycles. The van der Waals surface area contributed by atoms with Crippen LogP contribution in [0, 0.1) is 0 Å². The van der Waals surface area contributed by atoms with Crippen molar-refractivity contribution < 1.29 is 9.59 Å². The minimum absolute atomic E-state index is 0.317. The Labute approximate surface area is 89.6 Å². The number of amides is 2. The Morgan fingerprint density at radius 3 is 2.57 bits per heavy atom. The average molecular weight is 221 g/mol. The standard InChI is InChI=1S/C9H17ClN2O2/c1-3-4-7-12(2)9(14)8(13)11-6-5-10/h3-7H2,1-2H3,(H,11,13). The Morgan fingerprint density at radius 2 is 2.07 bits per heavy atom. The van der Waals surface area contributed by atoms with E-state index < -0.39 is 11.8 Å². The lowest BCUT2D eigenvalue weighted by Gasteiger charge is -2.15. The predicted octanol–water partition coefficient (Wildman–Crippen LogP) is 0.600. The Hall–Kier alpha value is -0.770. The van der Waals surface area contributed by atoms with Gasteiger partial charge < -0.3 is 10.2 Å². The van der Waals surface area contributed by atoms with Crippen LogP contribution in [0.25, 0.3) is 0 Å². The fraction of sp³-hybridized carbons (Fsp3) is 0.778. The van der Waals surface area contributed by atoms with Crippen molar-refractivity contribution in [1.82, 2.24) is 10.2 Å². The molecule has 0 aliphatic carbocycles. The van der Waals surface area contributed by atoms with Gasteiger partial charge >= 0.3 is 11.8 Å². The van der Waals surface area contributed by atoms with Crippen molar-refractivity contribution in [2.45, 2.75) is 19.8 Å². The molecule has 0 aliphatic heterocycles. The Kier molecular flexibility index (Phi) is 7.20. The second kappa shape index (κ2) is 7.62. The molecule has 0 aromatic rings. The van der Waals surface area contributed by atoms with Gasteiger partial charge in [0.05, 0.1) is 0 Å². The summed E-state index contributed by atoms with van der Waals surface area (Å²) in [6.45, 7) is 2.98. The molecule has 0 saturated carbocycles. The van der Waals surface area contributed by atoms with Gasteiger partial charge in [-0.1, -0.05) is 13.3 Å². The number of halogens is 1. The normalized spacial score (nSPS) is 9.64. The maximum Gasteiger partial charge on any atom is 0.311 e. The highest BCUT2D eigenvalue weighted by atomic mass is 35.5. The van der Waals surface area contributed by atoms with Gasteiger partial charge in [-0.2, -0.15) is 0 Å². The molecule has 0 aromatic carbocycles. The summed E-state index contributed by atoms with van der Waals surface area (Å²) in [6, 6.07) is 0. The van der Waals surface area contributed by atoms with Gasteiger partial charge in [0, 0.05) is 26.0 Å². The third-order valence-corrected chi connectivity index (χ3v) is 1.96. The molecule has 82 valence electrons. The van der Waals surface area contributed by atoms with Crippen LogP contribution < -0.4 is 5.32 Å². The lowest BCUT2D eigenvalue weighted by Crippen LogP contribution is -2.41. The van der Waals surface area contributed by atoms with Gasteiger partial charge in [0.15, 0.2) is 0 Å². The summed E-state index contributed by atoms with van der Waals surface area (Å²) < 4.78 is 0. The smallest absolute Gasteiger partial charge is 0.311 e. The number of hydrogen-bond donors (Lipinski definition) is 1. The predicted molar refractivity (Wildman–Crippen MR) is 56.3 cm³/mol. The molecule has 0 fully saturated rings. The zero-order chi connectivity index (χ0) is 11.0. The number of unbranched alkanes of at least 4 members (excludes halogenated alkanes) is 1. The summed E-state index contributed by atoms with van der Waals surface area (Å²) in [5, 5.41) is 2.43. The third kappa shape index (κ3) is 5.07. The molecule has 5 heteroatoms. The molecule has 0 spiro atoms. The van der Waals surface area contributed by atoms with Crippen LogP contribution in [0.15, 0.2) is 0 Å². The van der Waals surface area contributed by atoms with E-state index in [0.29, 0.717) is 19.0 Å². The second-order valence-electron chi connectivity index (χ2n) is 3.03. The van der Waals surface area contributed by atoms with Crippen LogP contribution in [-0.4, -0.2) is 42.7 Å². The highest BCUT2D eigenvalue weighted by Gasteiger charge is 2.16. The van der Waals surface area contributed by atoms with Crippen LogP contribution >= 0.6 is 11.6 Å². The molecule has 0 saturated heterocycles. The minimum atomic E-state index is -0.579. The van der Waals surface area contributed by atoms with E-state index in [1.807, 2.05) is 6.92 Å². The van der Waals surface area contributed by atoms with Crippen LogP contribution in [0.2, 0.25) is 0 Å². The number of nitrogens with zero attached hydrogens (tertiary/aromatic N) is 1. The molecule has 0 bridgehead atoms. The van der Waals surface area contributed by atoms with E-state index in [0.717, 1.165) is 12.8 Å². The first kappa shape index (κ1) is 13.2. The van der Waals surface area contributed by atoms with Crippen molar-refractivity contribution in [3.05, 3.63) is 0 Å². The van der Waals surface area contributed by atoms with E-state index in [1.165, 1.54) is 4.90 Å². The van der Waals surface area contributed by atoms with Gasteiger partial charge in [0.1, 0.15) is 0 Å². The van der Waals surface area contributed by atoms with E-state index in [4.69, 9.17) is 11.6 Å². The Bertz CT molecular complexity index is 197. The molecular formula is C9H17ClN2O2. The molecule has 0 unspecified atom stereocenters. The zero-order valence-corrected chi connectivity index (χ0v) is 9.43. The van der Waals surface area contributed by atoms with E-state index in [2.05, 4.69) is 5.32 Å². The maximum atomic E-state index is 11.3. The van der Waals surface area contributed by atoms with Crippen LogP contribution in [-0.2, 0) is 9.59 Å². The van der Waals surface area contributed by atoms with Gasteiger partial charge in [0.25, 0.3) is 0 Å². The van der Waals surface area contributed by atoms with Crippen molar-refractivity contribution >= 4 is 23.4 Å². The Morgan fingerprint density at radius 1 is 1.43 bits per heavy atom. The van der Waals surface area contributed by atoms with Gasteiger partial charge in [0.2, 0.25) is 0 Å².